The first-order valence-corrected chi connectivity index (χ1v) is 10.6. The number of hydrogen-bond acceptors (Lipinski definition) is 7. The maximum atomic E-state index is 13.5. The smallest absolute Gasteiger partial charge is 0.359 e. The van der Waals surface area contributed by atoms with Crippen LogP contribution in [0.3, 0.4) is 0 Å². The van der Waals surface area contributed by atoms with Gasteiger partial charge in [-0.15, -0.1) is 0 Å². The van der Waals surface area contributed by atoms with Gasteiger partial charge in [-0.1, -0.05) is 35.5 Å². The van der Waals surface area contributed by atoms with Gasteiger partial charge in [0, 0.05) is 36.9 Å². The average Bonchev–Trinajstić information content (AvgIpc) is 3.38. The summed E-state index contributed by atoms with van der Waals surface area (Å²) in [5.41, 5.74) is 3.66. The lowest BCUT2D eigenvalue weighted by molar-refractivity contribution is 0.0512. The molecule has 4 rings (SSSR count). The number of aryl methyl sites for hydroxylation is 1. The van der Waals surface area contributed by atoms with Crippen LogP contribution < -0.4 is 0 Å². The first kappa shape index (κ1) is 21.8. The van der Waals surface area contributed by atoms with Gasteiger partial charge in [0.25, 0.3) is 5.91 Å². The first-order chi connectivity index (χ1) is 15.5. The Kier molecular flexibility index (Phi) is 6.36. The normalized spacial score (nSPS) is 13.2. The molecule has 0 radical (unpaired) electrons. The summed E-state index contributed by atoms with van der Waals surface area (Å²) in [6.07, 6.45) is 0.572. The standard InChI is InChI=1S/C23H26N4O5/c1-4-31-23(29)21-17-14-26(11-10-18(17)27(24-21)12-13-30-3)22(28)19-15(2)32-25-20(19)16-8-6-5-7-9-16/h5-9H,4,10-14H2,1-3H3. The lowest BCUT2D eigenvalue weighted by Crippen LogP contribution is -2.37. The minimum Gasteiger partial charge on any atom is -0.461 e. The van der Waals surface area contributed by atoms with Crippen LogP contribution >= 0.6 is 0 Å². The molecule has 1 aliphatic rings. The van der Waals surface area contributed by atoms with Crippen molar-refractivity contribution in [2.24, 2.45) is 0 Å². The maximum Gasteiger partial charge on any atom is 0.359 e. The predicted molar refractivity (Wildman–Crippen MR) is 115 cm³/mol. The number of benzene rings is 1. The molecular weight excluding hydrogens is 412 g/mol. The van der Waals surface area contributed by atoms with Crippen LogP contribution in [0.2, 0.25) is 0 Å². The molecule has 0 saturated carbocycles. The topological polar surface area (TPSA) is 99.7 Å². The molecule has 0 spiro atoms. The number of hydrogen-bond donors (Lipinski definition) is 0. The number of carbonyl (C=O) groups is 2. The molecule has 1 amide bonds. The molecule has 9 nitrogen and oxygen atoms in total. The summed E-state index contributed by atoms with van der Waals surface area (Å²) < 4.78 is 17.5. The largest absolute Gasteiger partial charge is 0.461 e. The molecule has 9 heteroatoms. The van der Waals surface area contributed by atoms with E-state index in [0.717, 1.165) is 16.8 Å². The molecule has 2 aromatic heterocycles. The molecule has 32 heavy (non-hydrogen) atoms. The van der Waals surface area contributed by atoms with Crippen LogP contribution in [-0.4, -0.2) is 58.6 Å². The van der Waals surface area contributed by atoms with Crippen molar-refractivity contribution in [2.45, 2.75) is 33.4 Å². The highest BCUT2D eigenvalue weighted by Gasteiger charge is 2.33. The second kappa shape index (κ2) is 9.35. The summed E-state index contributed by atoms with van der Waals surface area (Å²) in [7, 11) is 1.62. The number of fused-ring (bicyclic) bond motifs is 1. The van der Waals surface area contributed by atoms with Gasteiger partial charge in [0.05, 0.1) is 26.3 Å². The summed E-state index contributed by atoms with van der Waals surface area (Å²) in [6.45, 7) is 5.48. The third-order valence-electron chi connectivity index (χ3n) is 5.52. The van der Waals surface area contributed by atoms with E-state index in [-0.39, 0.29) is 24.8 Å². The molecule has 0 atom stereocenters. The molecule has 1 aliphatic heterocycles. The molecule has 3 heterocycles. The van der Waals surface area contributed by atoms with Gasteiger partial charge in [0.15, 0.2) is 5.69 Å². The number of ether oxygens (including phenoxy) is 2. The molecule has 0 unspecified atom stereocenters. The van der Waals surface area contributed by atoms with Gasteiger partial charge < -0.3 is 18.9 Å². The van der Waals surface area contributed by atoms with Gasteiger partial charge in [-0.05, 0) is 13.8 Å². The van der Waals surface area contributed by atoms with Crippen LogP contribution in [-0.2, 0) is 29.0 Å². The lowest BCUT2D eigenvalue weighted by atomic mass is 10.0. The predicted octanol–water partition coefficient (Wildman–Crippen LogP) is 2.87. The average molecular weight is 438 g/mol. The molecule has 3 aromatic rings. The zero-order chi connectivity index (χ0) is 22.7. The van der Waals surface area contributed by atoms with Crippen molar-refractivity contribution in [3.05, 3.63) is 58.6 Å². The van der Waals surface area contributed by atoms with E-state index in [9.17, 15) is 9.59 Å². The number of aromatic nitrogens is 3. The highest BCUT2D eigenvalue weighted by Crippen LogP contribution is 2.29. The third-order valence-corrected chi connectivity index (χ3v) is 5.52. The monoisotopic (exact) mass is 438 g/mol. The number of amides is 1. The van der Waals surface area contributed by atoms with Gasteiger partial charge in [-0.25, -0.2) is 4.79 Å². The summed E-state index contributed by atoms with van der Waals surface area (Å²) in [6, 6.07) is 9.46. The van der Waals surface area contributed by atoms with E-state index in [1.54, 1.807) is 30.5 Å². The number of methoxy groups -OCH3 is 1. The molecule has 0 aliphatic carbocycles. The number of esters is 1. The SMILES string of the molecule is CCOC(=O)c1nn(CCOC)c2c1CN(C(=O)c1c(-c3ccccc3)noc1C)CC2. The Morgan fingerprint density at radius 3 is 2.72 bits per heavy atom. The van der Waals surface area contributed by atoms with Crippen LogP contribution in [0.1, 0.15) is 44.8 Å². The highest BCUT2D eigenvalue weighted by molar-refractivity contribution is 6.01. The van der Waals surface area contributed by atoms with Crippen molar-refractivity contribution in [3.63, 3.8) is 0 Å². The molecule has 0 saturated heterocycles. The summed E-state index contributed by atoms with van der Waals surface area (Å²) >= 11 is 0. The van der Waals surface area contributed by atoms with Crippen molar-refractivity contribution < 1.29 is 23.6 Å². The van der Waals surface area contributed by atoms with Crippen LogP contribution in [0.4, 0.5) is 0 Å². The van der Waals surface area contributed by atoms with E-state index < -0.39 is 5.97 Å². The van der Waals surface area contributed by atoms with Crippen LogP contribution in [0.5, 0.6) is 0 Å². The second-order valence-corrected chi connectivity index (χ2v) is 7.52. The lowest BCUT2D eigenvalue weighted by Gasteiger charge is -2.28. The summed E-state index contributed by atoms with van der Waals surface area (Å²) in [5.74, 6) is -0.214. The number of nitrogens with zero attached hydrogens (tertiary/aromatic N) is 4. The van der Waals surface area contributed by atoms with E-state index >= 15 is 0 Å². The fourth-order valence-electron chi connectivity index (χ4n) is 3.97. The van der Waals surface area contributed by atoms with Gasteiger partial charge >= 0.3 is 5.97 Å². The fraction of sp³-hybridized carbons (Fsp3) is 0.391. The Bertz CT molecular complexity index is 1120. The van der Waals surface area contributed by atoms with Gasteiger partial charge in [-0.3, -0.25) is 9.48 Å². The Balaban J connectivity index is 1.66. The molecule has 1 aromatic carbocycles. The maximum absolute atomic E-state index is 13.5. The third kappa shape index (κ3) is 4.03. The zero-order valence-electron chi connectivity index (χ0n) is 18.5. The van der Waals surface area contributed by atoms with Crippen LogP contribution in [0.15, 0.2) is 34.9 Å². The molecule has 0 fully saturated rings. The second-order valence-electron chi connectivity index (χ2n) is 7.52. The molecule has 0 bridgehead atoms. The Morgan fingerprint density at radius 1 is 1.22 bits per heavy atom. The Hall–Kier alpha value is -3.46. The van der Waals surface area contributed by atoms with Gasteiger partial charge in [0.2, 0.25) is 0 Å². The Labute approximate surface area is 185 Å². The number of carbonyl (C=O) groups excluding carboxylic acids is 2. The zero-order valence-corrected chi connectivity index (χ0v) is 18.5. The van der Waals surface area contributed by atoms with Crippen molar-refractivity contribution in [1.29, 1.82) is 0 Å². The van der Waals surface area contributed by atoms with Crippen molar-refractivity contribution in [1.82, 2.24) is 19.8 Å². The van der Waals surface area contributed by atoms with E-state index in [1.165, 1.54) is 0 Å². The van der Waals surface area contributed by atoms with Crippen LogP contribution in [0, 0.1) is 6.92 Å². The fourth-order valence-corrected chi connectivity index (χ4v) is 3.97. The van der Waals surface area contributed by atoms with E-state index in [4.69, 9.17) is 14.0 Å². The van der Waals surface area contributed by atoms with E-state index in [1.807, 2.05) is 30.3 Å². The van der Waals surface area contributed by atoms with Crippen LogP contribution in [0.25, 0.3) is 11.3 Å². The van der Waals surface area contributed by atoms with Crippen molar-refractivity contribution in [3.8, 4) is 11.3 Å². The molecule has 168 valence electrons. The summed E-state index contributed by atoms with van der Waals surface area (Å²) in [4.78, 5) is 27.8. The minimum atomic E-state index is -0.486. The molecular formula is C23H26N4O5. The van der Waals surface area contributed by atoms with Gasteiger partial charge in [0.1, 0.15) is 17.0 Å². The van der Waals surface area contributed by atoms with Crippen molar-refractivity contribution >= 4 is 11.9 Å². The van der Waals surface area contributed by atoms with Crippen molar-refractivity contribution in [2.75, 3.05) is 26.9 Å². The Morgan fingerprint density at radius 2 is 2.00 bits per heavy atom. The highest BCUT2D eigenvalue weighted by atomic mass is 16.5. The quantitative estimate of drug-likeness (QED) is 0.523. The van der Waals surface area contributed by atoms with E-state index in [0.29, 0.717) is 43.1 Å². The first-order valence-electron chi connectivity index (χ1n) is 10.6. The summed E-state index contributed by atoms with van der Waals surface area (Å²) in [5, 5.41) is 8.61. The van der Waals surface area contributed by atoms with Gasteiger partial charge in [-0.2, -0.15) is 5.10 Å². The molecule has 0 N–H and O–H groups in total. The number of rotatable bonds is 7. The minimum absolute atomic E-state index is 0.187. The van der Waals surface area contributed by atoms with E-state index in [2.05, 4.69) is 10.3 Å².